The molecule has 2 aliphatic heterocycles. The number of hydrogen-bond acceptors (Lipinski definition) is 4. The zero-order valence-electron chi connectivity index (χ0n) is 10.4. The minimum Gasteiger partial charge on any atom is -0.380 e. The standard InChI is InChI=1S/C12H20N4O/c1-17-9-7-10(13-8-9)12-15-14-11-5-3-2-4-6-16(11)12/h9-10,13H,2-8H2,1H3. The van der Waals surface area contributed by atoms with Gasteiger partial charge >= 0.3 is 0 Å². The number of rotatable bonds is 2. The van der Waals surface area contributed by atoms with E-state index in [1.54, 1.807) is 7.11 Å². The van der Waals surface area contributed by atoms with E-state index in [9.17, 15) is 0 Å². The highest BCUT2D eigenvalue weighted by molar-refractivity contribution is 5.05. The van der Waals surface area contributed by atoms with Crippen molar-refractivity contribution in [3.05, 3.63) is 11.6 Å². The molecule has 2 unspecified atom stereocenters. The third kappa shape index (κ3) is 2.09. The van der Waals surface area contributed by atoms with E-state index >= 15 is 0 Å². The number of methoxy groups -OCH3 is 1. The molecule has 3 heterocycles. The molecule has 0 spiro atoms. The van der Waals surface area contributed by atoms with Gasteiger partial charge in [0.15, 0.2) is 0 Å². The summed E-state index contributed by atoms with van der Waals surface area (Å²) in [7, 11) is 1.78. The van der Waals surface area contributed by atoms with E-state index in [1.807, 2.05) is 0 Å². The van der Waals surface area contributed by atoms with Crippen molar-refractivity contribution >= 4 is 0 Å². The second-order valence-corrected chi connectivity index (χ2v) is 4.99. The molecule has 0 amide bonds. The van der Waals surface area contributed by atoms with Gasteiger partial charge in [-0.3, -0.25) is 0 Å². The predicted octanol–water partition coefficient (Wildman–Crippen LogP) is 1.05. The zero-order chi connectivity index (χ0) is 11.7. The van der Waals surface area contributed by atoms with Crippen LogP contribution in [0, 0.1) is 0 Å². The van der Waals surface area contributed by atoms with Crippen LogP contribution in [-0.4, -0.2) is 34.5 Å². The van der Waals surface area contributed by atoms with Gasteiger partial charge in [-0.1, -0.05) is 6.42 Å². The highest BCUT2D eigenvalue weighted by Crippen LogP contribution is 2.25. The molecule has 3 rings (SSSR count). The van der Waals surface area contributed by atoms with Crippen molar-refractivity contribution in [1.29, 1.82) is 0 Å². The summed E-state index contributed by atoms with van der Waals surface area (Å²) in [5, 5.41) is 12.2. The second-order valence-electron chi connectivity index (χ2n) is 4.99. The summed E-state index contributed by atoms with van der Waals surface area (Å²) in [6, 6.07) is 0.319. The van der Waals surface area contributed by atoms with Crippen LogP contribution in [-0.2, 0) is 17.7 Å². The highest BCUT2D eigenvalue weighted by Gasteiger charge is 2.30. The summed E-state index contributed by atoms with van der Waals surface area (Å²) in [6.07, 6.45) is 6.21. The number of aryl methyl sites for hydroxylation is 1. The average Bonchev–Trinajstić information content (AvgIpc) is 2.90. The van der Waals surface area contributed by atoms with E-state index in [1.165, 1.54) is 25.1 Å². The summed E-state index contributed by atoms with van der Waals surface area (Å²) in [6.45, 7) is 2.00. The number of fused-ring (bicyclic) bond motifs is 1. The van der Waals surface area contributed by atoms with Crippen molar-refractivity contribution in [2.45, 2.75) is 50.8 Å². The van der Waals surface area contributed by atoms with Crippen LogP contribution in [0.25, 0.3) is 0 Å². The SMILES string of the molecule is COC1CNC(c2nnc3n2CCCCC3)C1. The fourth-order valence-corrected chi connectivity index (χ4v) is 2.84. The van der Waals surface area contributed by atoms with Crippen LogP contribution in [0.2, 0.25) is 0 Å². The summed E-state index contributed by atoms with van der Waals surface area (Å²) in [4.78, 5) is 0. The van der Waals surface area contributed by atoms with E-state index < -0.39 is 0 Å². The van der Waals surface area contributed by atoms with E-state index in [0.29, 0.717) is 12.1 Å². The quantitative estimate of drug-likeness (QED) is 0.834. The van der Waals surface area contributed by atoms with Crippen molar-refractivity contribution < 1.29 is 4.74 Å². The Morgan fingerprint density at radius 3 is 3.06 bits per heavy atom. The molecule has 2 atom stereocenters. The maximum atomic E-state index is 5.39. The maximum absolute atomic E-state index is 5.39. The van der Waals surface area contributed by atoms with Gasteiger partial charge in [-0.05, 0) is 19.3 Å². The van der Waals surface area contributed by atoms with E-state index in [-0.39, 0.29) is 0 Å². The molecule has 1 N–H and O–H groups in total. The summed E-state index contributed by atoms with van der Waals surface area (Å²) >= 11 is 0. The van der Waals surface area contributed by atoms with Gasteiger partial charge in [0.05, 0.1) is 12.1 Å². The van der Waals surface area contributed by atoms with Crippen LogP contribution in [0.3, 0.4) is 0 Å². The fourth-order valence-electron chi connectivity index (χ4n) is 2.84. The smallest absolute Gasteiger partial charge is 0.150 e. The number of aromatic nitrogens is 3. The maximum Gasteiger partial charge on any atom is 0.150 e. The Hall–Kier alpha value is -0.940. The monoisotopic (exact) mass is 236 g/mol. The minimum absolute atomic E-state index is 0.318. The van der Waals surface area contributed by atoms with E-state index in [2.05, 4.69) is 20.1 Å². The van der Waals surface area contributed by atoms with Crippen molar-refractivity contribution in [2.24, 2.45) is 0 Å². The topological polar surface area (TPSA) is 52.0 Å². The van der Waals surface area contributed by atoms with Gasteiger partial charge in [0.1, 0.15) is 11.6 Å². The third-order valence-corrected chi connectivity index (χ3v) is 3.87. The number of hydrogen-bond donors (Lipinski definition) is 1. The Kier molecular flexibility index (Phi) is 3.11. The van der Waals surface area contributed by atoms with Gasteiger partial charge in [0.2, 0.25) is 0 Å². The van der Waals surface area contributed by atoms with Crippen LogP contribution < -0.4 is 5.32 Å². The van der Waals surface area contributed by atoms with Crippen molar-refractivity contribution in [3.8, 4) is 0 Å². The van der Waals surface area contributed by atoms with E-state index in [4.69, 9.17) is 4.74 Å². The Morgan fingerprint density at radius 2 is 2.24 bits per heavy atom. The first-order chi connectivity index (χ1) is 8.38. The van der Waals surface area contributed by atoms with Crippen molar-refractivity contribution in [3.63, 3.8) is 0 Å². The molecule has 0 aliphatic carbocycles. The summed E-state index contributed by atoms with van der Waals surface area (Å²) in [5.74, 6) is 2.28. The number of ether oxygens (including phenoxy) is 1. The van der Waals surface area contributed by atoms with E-state index in [0.717, 1.165) is 31.8 Å². The predicted molar refractivity (Wildman–Crippen MR) is 63.7 cm³/mol. The Morgan fingerprint density at radius 1 is 1.29 bits per heavy atom. The van der Waals surface area contributed by atoms with Gasteiger partial charge in [-0.2, -0.15) is 0 Å². The lowest BCUT2D eigenvalue weighted by atomic mass is 10.2. The van der Waals surface area contributed by atoms with Crippen LogP contribution in [0.5, 0.6) is 0 Å². The largest absolute Gasteiger partial charge is 0.380 e. The van der Waals surface area contributed by atoms with Gasteiger partial charge in [0.25, 0.3) is 0 Å². The molecule has 5 heteroatoms. The van der Waals surface area contributed by atoms with Crippen LogP contribution in [0.4, 0.5) is 0 Å². The van der Waals surface area contributed by atoms with Gasteiger partial charge in [-0.15, -0.1) is 10.2 Å². The van der Waals surface area contributed by atoms with Gasteiger partial charge in [0, 0.05) is 26.6 Å². The molecule has 0 saturated carbocycles. The molecule has 5 nitrogen and oxygen atoms in total. The normalized spacial score (nSPS) is 29.0. The minimum atomic E-state index is 0.318. The van der Waals surface area contributed by atoms with Gasteiger partial charge in [-0.25, -0.2) is 0 Å². The molecule has 94 valence electrons. The number of nitrogens with one attached hydrogen (secondary N) is 1. The lowest BCUT2D eigenvalue weighted by Gasteiger charge is -2.12. The molecule has 1 saturated heterocycles. The average molecular weight is 236 g/mol. The summed E-state index contributed by atoms with van der Waals surface area (Å²) in [5.41, 5.74) is 0. The van der Waals surface area contributed by atoms with Crippen LogP contribution >= 0.6 is 0 Å². The molecular formula is C12H20N4O. The molecule has 2 aliphatic rings. The lowest BCUT2D eigenvalue weighted by Crippen LogP contribution is -2.19. The molecular weight excluding hydrogens is 216 g/mol. The molecule has 0 bridgehead atoms. The first kappa shape index (κ1) is 11.2. The molecule has 1 aromatic heterocycles. The van der Waals surface area contributed by atoms with Crippen LogP contribution in [0.1, 0.15) is 43.4 Å². The molecule has 1 aromatic rings. The summed E-state index contributed by atoms with van der Waals surface area (Å²) < 4.78 is 7.71. The molecule has 0 radical (unpaired) electrons. The molecule has 1 fully saturated rings. The van der Waals surface area contributed by atoms with Gasteiger partial charge < -0.3 is 14.6 Å². The second kappa shape index (κ2) is 4.74. The first-order valence-electron chi connectivity index (χ1n) is 6.56. The Bertz CT molecular complexity index is 390. The van der Waals surface area contributed by atoms with Crippen molar-refractivity contribution in [2.75, 3.05) is 13.7 Å². The Balaban J connectivity index is 1.81. The fraction of sp³-hybridized carbons (Fsp3) is 0.833. The lowest BCUT2D eigenvalue weighted by molar-refractivity contribution is 0.117. The Labute approximate surface area is 102 Å². The zero-order valence-corrected chi connectivity index (χ0v) is 10.4. The molecule has 0 aromatic carbocycles. The van der Waals surface area contributed by atoms with Crippen LogP contribution in [0.15, 0.2) is 0 Å². The van der Waals surface area contributed by atoms with Crippen molar-refractivity contribution in [1.82, 2.24) is 20.1 Å². The highest BCUT2D eigenvalue weighted by atomic mass is 16.5. The molecule has 17 heavy (non-hydrogen) atoms. The third-order valence-electron chi connectivity index (χ3n) is 3.87. The first-order valence-corrected chi connectivity index (χ1v) is 6.56. The number of nitrogens with zero attached hydrogens (tertiary/aromatic N) is 3.